The summed E-state index contributed by atoms with van der Waals surface area (Å²) in [4.78, 5) is 4.38. The van der Waals surface area contributed by atoms with Gasteiger partial charge in [0.05, 0.1) is 5.52 Å². The van der Waals surface area contributed by atoms with Gasteiger partial charge >= 0.3 is 0 Å². The highest BCUT2D eigenvalue weighted by Crippen LogP contribution is 2.49. The molecule has 0 unspecified atom stereocenters. The van der Waals surface area contributed by atoms with Crippen molar-refractivity contribution in [3.63, 3.8) is 0 Å². The number of aromatic nitrogens is 1. The molecule has 1 heterocycles. The lowest BCUT2D eigenvalue weighted by Crippen LogP contribution is -2.16. The van der Waals surface area contributed by atoms with E-state index in [0.717, 1.165) is 24.4 Å². The molecule has 3 rings (SSSR count). The normalized spacial score (nSPS) is 16.7. The molecule has 0 spiro atoms. The Morgan fingerprint density at radius 2 is 2.06 bits per heavy atom. The van der Waals surface area contributed by atoms with E-state index in [9.17, 15) is 0 Å². The summed E-state index contributed by atoms with van der Waals surface area (Å²) in [7, 11) is 0. The first-order chi connectivity index (χ1) is 8.83. The van der Waals surface area contributed by atoms with E-state index in [1.165, 1.54) is 23.9 Å². The molecule has 18 heavy (non-hydrogen) atoms. The molecular formula is C15H17ClN2. The second-order valence-corrected chi connectivity index (χ2v) is 5.55. The molecular weight excluding hydrogens is 244 g/mol. The van der Waals surface area contributed by atoms with Crippen LogP contribution in [0.25, 0.3) is 10.9 Å². The number of hydrogen-bond donors (Lipinski definition) is 1. The number of nitrogens with zero attached hydrogens (tertiary/aromatic N) is 1. The first kappa shape index (κ1) is 11.8. The summed E-state index contributed by atoms with van der Waals surface area (Å²) < 4.78 is 0. The third-order valence-corrected chi connectivity index (χ3v) is 4.07. The van der Waals surface area contributed by atoms with Crippen molar-refractivity contribution in [3.8, 4) is 0 Å². The third kappa shape index (κ3) is 2.30. The lowest BCUT2D eigenvalue weighted by molar-refractivity contribution is 0.525. The number of para-hydroxylation sites is 1. The fraction of sp³-hybridized carbons (Fsp3) is 0.400. The molecule has 1 N–H and O–H groups in total. The van der Waals surface area contributed by atoms with Gasteiger partial charge in [0.1, 0.15) is 0 Å². The molecule has 3 heteroatoms. The number of hydrogen-bond acceptors (Lipinski definition) is 2. The lowest BCUT2D eigenvalue weighted by atomic mass is 10.0. The van der Waals surface area contributed by atoms with E-state index in [-0.39, 0.29) is 0 Å². The number of pyridine rings is 1. The summed E-state index contributed by atoms with van der Waals surface area (Å²) in [6.45, 7) is 1.02. The summed E-state index contributed by atoms with van der Waals surface area (Å²) in [5.74, 6) is 0.763. The van der Waals surface area contributed by atoms with Crippen molar-refractivity contribution in [2.45, 2.75) is 19.3 Å². The number of benzene rings is 1. The summed E-state index contributed by atoms with van der Waals surface area (Å²) in [5.41, 5.74) is 2.68. The van der Waals surface area contributed by atoms with Gasteiger partial charge in [-0.2, -0.15) is 0 Å². The van der Waals surface area contributed by atoms with E-state index >= 15 is 0 Å². The van der Waals surface area contributed by atoms with Gasteiger partial charge in [0, 0.05) is 29.7 Å². The topological polar surface area (TPSA) is 24.9 Å². The van der Waals surface area contributed by atoms with Gasteiger partial charge in [-0.1, -0.05) is 18.2 Å². The highest BCUT2D eigenvalue weighted by atomic mass is 35.5. The minimum atomic E-state index is 0.451. The predicted molar refractivity (Wildman–Crippen MR) is 77.2 cm³/mol. The predicted octanol–water partition coefficient (Wildman–Crippen LogP) is 4.06. The van der Waals surface area contributed by atoms with Gasteiger partial charge in [0.15, 0.2) is 0 Å². The Bertz CT molecular complexity index is 544. The first-order valence-corrected chi connectivity index (χ1v) is 7.00. The number of anilines is 1. The van der Waals surface area contributed by atoms with E-state index in [1.54, 1.807) is 0 Å². The van der Waals surface area contributed by atoms with Crippen LogP contribution in [-0.2, 0) is 0 Å². The molecule has 0 radical (unpaired) electrons. The largest absolute Gasteiger partial charge is 0.384 e. The highest BCUT2D eigenvalue weighted by molar-refractivity contribution is 6.17. The number of fused-ring (bicyclic) bond motifs is 1. The smallest absolute Gasteiger partial charge is 0.0722 e. The van der Waals surface area contributed by atoms with Crippen molar-refractivity contribution < 1.29 is 0 Å². The molecule has 1 aromatic carbocycles. The van der Waals surface area contributed by atoms with Crippen molar-refractivity contribution >= 4 is 28.2 Å². The van der Waals surface area contributed by atoms with Crippen LogP contribution in [0.4, 0.5) is 5.69 Å². The monoisotopic (exact) mass is 260 g/mol. The van der Waals surface area contributed by atoms with E-state index < -0.39 is 0 Å². The Hall–Kier alpha value is -1.28. The lowest BCUT2D eigenvalue weighted by Gasteiger charge is -2.16. The van der Waals surface area contributed by atoms with Crippen LogP contribution in [0.3, 0.4) is 0 Å². The molecule has 0 bridgehead atoms. The Kier molecular flexibility index (Phi) is 3.13. The maximum Gasteiger partial charge on any atom is 0.0722 e. The zero-order valence-corrected chi connectivity index (χ0v) is 11.1. The third-order valence-electron chi connectivity index (χ3n) is 3.88. The first-order valence-electron chi connectivity index (χ1n) is 6.47. The highest BCUT2D eigenvalue weighted by Gasteiger charge is 2.41. The van der Waals surface area contributed by atoms with E-state index in [0.29, 0.717) is 5.41 Å². The van der Waals surface area contributed by atoms with Crippen LogP contribution in [0.1, 0.15) is 19.3 Å². The van der Waals surface area contributed by atoms with Gasteiger partial charge in [0.2, 0.25) is 0 Å². The van der Waals surface area contributed by atoms with Crippen LogP contribution in [0.5, 0.6) is 0 Å². The Morgan fingerprint density at radius 1 is 1.22 bits per heavy atom. The van der Waals surface area contributed by atoms with Crippen LogP contribution in [0, 0.1) is 5.41 Å². The molecule has 1 aromatic heterocycles. The fourth-order valence-electron chi connectivity index (χ4n) is 2.43. The number of halogens is 1. The quantitative estimate of drug-likeness (QED) is 0.821. The molecule has 0 aliphatic heterocycles. The van der Waals surface area contributed by atoms with Crippen LogP contribution < -0.4 is 5.32 Å². The standard InChI is InChI=1S/C15H17ClN2/c16-9-8-15(6-7-15)11-18-14-5-10-17-13-4-2-1-3-12(13)14/h1-5,10H,6-9,11H2,(H,17,18). The second-order valence-electron chi connectivity index (χ2n) is 5.17. The number of alkyl halides is 1. The second kappa shape index (κ2) is 4.77. The zero-order chi connectivity index (χ0) is 12.4. The van der Waals surface area contributed by atoms with Gasteiger partial charge in [-0.25, -0.2) is 0 Å². The molecule has 1 aliphatic carbocycles. The fourth-order valence-corrected chi connectivity index (χ4v) is 2.83. The van der Waals surface area contributed by atoms with Crippen LogP contribution in [-0.4, -0.2) is 17.4 Å². The minimum Gasteiger partial charge on any atom is -0.384 e. The van der Waals surface area contributed by atoms with Crippen molar-refractivity contribution in [2.75, 3.05) is 17.7 Å². The average Bonchev–Trinajstić information content (AvgIpc) is 3.17. The van der Waals surface area contributed by atoms with Crippen molar-refractivity contribution in [1.82, 2.24) is 4.98 Å². The Labute approximate surface area is 112 Å². The molecule has 1 aliphatic rings. The van der Waals surface area contributed by atoms with E-state index in [4.69, 9.17) is 11.6 Å². The molecule has 2 aromatic rings. The van der Waals surface area contributed by atoms with Gasteiger partial charge in [-0.15, -0.1) is 11.6 Å². The molecule has 0 atom stereocenters. The van der Waals surface area contributed by atoms with Gasteiger partial charge in [-0.3, -0.25) is 4.98 Å². The van der Waals surface area contributed by atoms with E-state index in [1.807, 2.05) is 18.3 Å². The minimum absolute atomic E-state index is 0.451. The van der Waals surface area contributed by atoms with E-state index in [2.05, 4.69) is 28.5 Å². The van der Waals surface area contributed by atoms with Crippen molar-refractivity contribution in [2.24, 2.45) is 5.41 Å². The SMILES string of the molecule is ClCCC1(CNc2ccnc3ccccc23)CC1. The molecule has 2 nitrogen and oxygen atoms in total. The maximum atomic E-state index is 5.87. The summed E-state index contributed by atoms with van der Waals surface area (Å²) in [6.07, 6.45) is 5.59. The Morgan fingerprint density at radius 3 is 2.83 bits per heavy atom. The van der Waals surface area contributed by atoms with Gasteiger partial charge in [-0.05, 0) is 36.8 Å². The summed E-state index contributed by atoms with van der Waals surface area (Å²) in [5, 5.41) is 4.77. The molecule has 1 saturated carbocycles. The zero-order valence-electron chi connectivity index (χ0n) is 10.3. The molecule has 0 amide bonds. The average molecular weight is 261 g/mol. The van der Waals surface area contributed by atoms with Crippen LogP contribution in [0.2, 0.25) is 0 Å². The van der Waals surface area contributed by atoms with Crippen LogP contribution >= 0.6 is 11.6 Å². The van der Waals surface area contributed by atoms with Crippen molar-refractivity contribution in [1.29, 1.82) is 0 Å². The maximum absolute atomic E-state index is 5.87. The van der Waals surface area contributed by atoms with Gasteiger partial charge < -0.3 is 5.32 Å². The molecule has 1 fully saturated rings. The molecule has 94 valence electrons. The van der Waals surface area contributed by atoms with Crippen molar-refractivity contribution in [3.05, 3.63) is 36.5 Å². The summed E-state index contributed by atoms with van der Waals surface area (Å²) in [6, 6.07) is 10.3. The van der Waals surface area contributed by atoms with Crippen LogP contribution in [0.15, 0.2) is 36.5 Å². The Balaban J connectivity index is 1.79. The molecule has 0 saturated heterocycles. The number of nitrogens with one attached hydrogen (secondary N) is 1. The van der Waals surface area contributed by atoms with Gasteiger partial charge in [0.25, 0.3) is 0 Å². The number of rotatable bonds is 5. The summed E-state index contributed by atoms with van der Waals surface area (Å²) >= 11 is 5.87.